The van der Waals surface area contributed by atoms with Crippen LogP contribution in [0.5, 0.6) is 0 Å². The largest absolute Gasteiger partial charge is 0.368 e. The van der Waals surface area contributed by atoms with E-state index in [9.17, 15) is 8.42 Å². The first kappa shape index (κ1) is 17.8. The fourth-order valence-electron chi connectivity index (χ4n) is 3.17. The van der Waals surface area contributed by atoms with E-state index in [1.54, 1.807) is 20.3 Å². The van der Waals surface area contributed by atoms with E-state index in [1.165, 1.54) is 8.61 Å². The van der Waals surface area contributed by atoms with E-state index < -0.39 is 10.2 Å². The molecule has 0 aliphatic carbocycles. The van der Waals surface area contributed by atoms with Crippen LogP contribution >= 0.6 is 0 Å². The van der Waals surface area contributed by atoms with E-state index in [2.05, 4.69) is 9.97 Å². The normalized spacial score (nSPS) is 19.2. The van der Waals surface area contributed by atoms with Crippen LogP contribution in [0.1, 0.15) is 31.0 Å². The minimum absolute atomic E-state index is 0.155. The molecule has 3 rings (SSSR count). The van der Waals surface area contributed by atoms with Crippen molar-refractivity contribution in [2.24, 2.45) is 0 Å². The Morgan fingerprint density at radius 2 is 1.92 bits per heavy atom. The zero-order chi connectivity index (χ0) is 18.0. The molecule has 1 aliphatic rings. The van der Waals surface area contributed by atoms with Crippen LogP contribution in [-0.2, 0) is 10.2 Å². The maximum absolute atomic E-state index is 12.8. The van der Waals surface area contributed by atoms with Crippen molar-refractivity contribution in [3.8, 4) is 11.1 Å². The van der Waals surface area contributed by atoms with Crippen molar-refractivity contribution in [2.75, 3.05) is 26.4 Å². The van der Waals surface area contributed by atoms with Crippen LogP contribution in [0, 0.1) is 0 Å². The van der Waals surface area contributed by atoms with Gasteiger partial charge in [-0.1, -0.05) is 36.8 Å². The highest BCUT2D eigenvalue weighted by Crippen LogP contribution is 2.37. The van der Waals surface area contributed by atoms with Gasteiger partial charge in [0.2, 0.25) is 5.95 Å². The van der Waals surface area contributed by atoms with Crippen LogP contribution in [0.3, 0.4) is 0 Å². The molecular weight excluding hydrogens is 338 g/mol. The van der Waals surface area contributed by atoms with Gasteiger partial charge in [-0.25, -0.2) is 9.97 Å². The third kappa shape index (κ3) is 3.51. The first-order valence-electron chi connectivity index (χ1n) is 8.28. The second kappa shape index (κ2) is 7.07. The molecule has 0 bridgehead atoms. The lowest BCUT2D eigenvalue weighted by molar-refractivity contribution is 0.239. The van der Waals surface area contributed by atoms with Gasteiger partial charge < -0.3 is 5.73 Å². The van der Waals surface area contributed by atoms with Gasteiger partial charge in [-0.3, -0.25) is 0 Å². The summed E-state index contributed by atoms with van der Waals surface area (Å²) in [7, 11) is -0.446. The first-order chi connectivity index (χ1) is 11.9. The molecular formula is C17H23N5O2S. The Morgan fingerprint density at radius 1 is 1.20 bits per heavy atom. The molecule has 2 aromatic rings. The molecule has 0 radical (unpaired) electrons. The van der Waals surface area contributed by atoms with Gasteiger partial charge >= 0.3 is 0 Å². The molecule has 0 spiro atoms. The van der Waals surface area contributed by atoms with Crippen molar-refractivity contribution in [1.82, 2.24) is 18.6 Å². The Kier molecular flexibility index (Phi) is 5.03. The monoisotopic (exact) mass is 361 g/mol. The molecule has 8 heteroatoms. The highest BCUT2D eigenvalue weighted by molar-refractivity contribution is 7.86. The average Bonchev–Trinajstić information content (AvgIpc) is 2.62. The van der Waals surface area contributed by atoms with E-state index in [0.717, 1.165) is 24.0 Å². The summed E-state index contributed by atoms with van der Waals surface area (Å²) in [4.78, 5) is 8.56. The molecule has 0 unspecified atom stereocenters. The summed E-state index contributed by atoms with van der Waals surface area (Å²) >= 11 is 0. The maximum Gasteiger partial charge on any atom is 0.282 e. The van der Waals surface area contributed by atoms with Crippen molar-refractivity contribution < 1.29 is 8.42 Å². The van der Waals surface area contributed by atoms with Crippen LogP contribution in [0.2, 0.25) is 0 Å². The average molecular weight is 361 g/mol. The summed E-state index contributed by atoms with van der Waals surface area (Å²) in [6.07, 6.45) is 4.18. The summed E-state index contributed by atoms with van der Waals surface area (Å²) in [5.41, 5.74) is 8.27. The summed E-state index contributed by atoms with van der Waals surface area (Å²) < 4.78 is 28.3. The lowest BCUT2D eigenvalue weighted by Crippen LogP contribution is -2.45. The quantitative estimate of drug-likeness (QED) is 0.900. The van der Waals surface area contributed by atoms with Gasteiger partial charge in [-0.15, -0.1) is 0 Å². The summed E-state index contributed by atoms with van der Waals surface area (Å²) in [6, 6.07) is 9.39. The number of rotatable bonds is 4. The van der Waals surface area contributed by atoms with Crippen LogP contribution in [-0.4, -0.2) is 47.6 Å². The summed E-state index contributed by atoms with van der Waals surface area (Å²) in [5.74, 6) is 0.155. The fraction of sp³-hybridized carbons (Fsp3) is 0.412. The van der Waals surface area contributed by atoms with Gasteiger partial charge in [-0.05, 0) is 18.4 Å². The lowest BCUT2D eigenvalue weighted by atomic mass is 9.95. The zero-order valence-electron chi connectivity index (χ0n) is 14.5. The molecule has 1 saturated heterocycles. The second-order valence-corrected chi connectivity index (χ2v) is 8.40. The van der Waals surface area contributed by atoms with Crippen molar-refractivity contribution in [2.45, 2.75) is 25.3 Å². The molecule has 2 heterocycles. The molecule has 1 aromatic carbocycles. The molecule has 0 saturated carbocycles. The van der Waals surface area contributed by atoms with Crippen molar-refractivity contribution >= 4 is 16.2 Å². The highest BCUT2D eigenvalue weighted by Gasteiger charge is 2.36. The number of piperidine rings is 1. The van der Waals surface area contributed by atoms with Crippen LogP contribution in [0.25, 0.3) is 11.1 Å². The minimum Gasteiger partial charge on any atom is -0.368 e. The van der Waals surface area contributed by atoms with Crippen molar-refractivity contribution in [1.29, 1.82) is 0 Å². The third-order valence-corrected chi connectivity index (χ3v) is 6.40. The topological polar surface area (TPSA) is 92.4 Å². The number of aromatic nitrogens is 2. The number of anilines is 1. The van der Waals surface area contributed by atoms with Gasteiger partial charge in [0.1, 0.15) is 0 Å². The van der Waals surface area contributed by atoms with Crippen LogP contribution < -0.4 is 5.73 Å². The minimum atomic E-state index is -3.54. The summed E-state index contributed by atoms with van der Waals surface area (Å²) in [5, 5.41) is 0. The molecule has 2 N–H and O–H groups in total. The fourth-order valence-corrected chi connectivity index (χ4v) is 4.47. The second-order valence-electron chi connectivity index (χ2n) is 6.31. The number of nitrogens with two attached hydrogens (primary N) is 1. The van der Waals surface area contributed by atoms with E-state index >= 15 is 0 Å². The molecule has 1 aliphatic heterocycles. The number of benzene rings is 1. The molecule has 1 fully saturated rings. The lowest BCUT2D eigenvalue weighted by Gasteiger charge is -2.36. The molecule has 7 nitrogen and oxygen atoms in total. The Labute approximate surface area is 148 Å². The first-order valence-corrected chi connectivity index (χ1v) is 9.68. The Morgan fingerprint density at radius 3 is 2.60 bits per heavy atom. The number of hydrogen-bond acceptors (Lipinski definition) is 5. The standard InChI is InChI=1S/C17H23N5O2S/c1-21(2)25(23,24)22-11-7-6-10-15(22)16-14(12-19-17(18)20-16)13-8-4-3-5-9-13/h3-5,8-9,12,15H,6-7,10-11H2,1-2H3,(H2,18,19,20)/t15-/m1/s1. The molecule has 25 heavy (non-hydrogen) atoms. The number of hydrogen-bond donors (Lipinski definition) is 1. The maximum atomic E-state index is 12.8. The van der Waals surface area contributed by atoms with E-state index in [-0.39, 0.29) is 12.0 Å². The Balaban J connectivity index is 2.12. The Bertz CT molecular complexity index is 839. The van der Waals surface area contributed by atoms with Crippen molar-refractivity contribution in [3.05, 3.63) is 42.2 Å². The highest BCUT2D eigenvalue weighted by atomic mass is 32.2. The zero-order valence-corrected chi connectivity index (χ0v) is 15.3. The molecule has 1 atom stereocenters. The Hall–Kier alpha value is -2.03. The predicted octanol–water partition coefficient (Wildman–Crippen LogP) is 2.06. The van der Waals surface area contributed by atoms with Gasteiger partial charge in [0.05, 0.1) is 11.7 Å². The summed E-state index contributed by atoms with van der Waals surface area (Å²) in [6.45, 7) is 0.476. The molecule has 134 valence electrons. The van der Waals surface area contributed by atoms with Gasteiger partial charge in [-0.2, -0.15) is 17.0 Å². The smallest absolute Gasteiger partial charge is 0.282 e. The van der Waals surface area contributed by atoms with Gasteiger partial charge in [0.15, 0.2) is 0 Å². The van der Waals surface area contributed by atoms with E-state index in [4.69, 9.17) is 5.73 Å². The van der Waals surface area contributed by atoms with E-state index in [0.29, 0.717) is 18.7 Å². The SMILES string of the molecule is CN(C)S(=O)(=O)N1CCCC[C@@H]1c1nc(N)ncc1-c1ccccc1. The molecule has 0 amide bonds. The van der Waals surface area contributed by atoms with Gasteiger partial charge in [0.25, 0.3) is 10.2 Å². The van der Waals surface area contributed by atoms with Crippen molar-refractivity contribution in [3.63, 3.8) is 0 Å². The molecule has 1 aromatic heterocycles. The predicted molar refractivity (Wildman–Crippen MR) is 97.8 cm³/mol. The van der Waals surface area contributed by atoms with E-state index in [1.807, 2.05) is 30.3 Å². The number of nitrogen functional groups attached to an aromatic ring is 1. The number of nitrogens with zero attached hydrogens (tertiary/aromatic N) is 4. The van der Waals surface area contributed by atoms with Crippen LogP contribution in [0.15, 0.2) is 36.5 Å². The van der Waals surface area contributed by atoms with Crippen LogP contribution in [0.4, 0.5) is 5.95 Å². The van der Waals surface area contributed by atoms with Gasteiger partial charge in [0, 0.05) is 32.4 Å². The third-order valence-electron chi connectivity index (χ3n) is 4.45.